The molecule has 0 fully saturated rings. The van der Waals surface area contributed by atoms with Crippen molar-refractivity contribution in [2.45, 2.75) is 95.9 Å². The number of carboxylic acid groups (broad SMARTS) is 1. The van der Waals surface area contributed by atoms with Gasteiger partial charge in [0.1, 0.15) is 0 Å². The molecule has 0 spiro atoms. The van der Waals surface area contributed by atoms with Gasteiger partial charge in [-0.3, -0.25) is 4.79 Å². The molecule has 5 heteroatoms. The van der Waals surface area contributed by atoms with Crippen molar-refractivity contribution in [3.05, 3.63) is 12.2 Å². The number of aliphatic hydroxyl groups is 3. The number of hydrogen-bond acceptors (Lipinski definition) is 4. The van der Waals surface area contributed by atoms with Crippen LogP contribution in [0.5, 0.6) is 0 Å². The first-order valence-corrected chi connectivity index (χ1v) is 8.91. The quantitative estimate of drug-likeness (QED) is 0.273. The number of rotatable bonds is 15. The zero-order valence-corrected chi connectivity index (χ0v) is 14.4. The number of carbonyl (C=O) groups is 1. The summed E-state index contributed by atoms with van der Waals surface area (Å²) in [5, 5.41) is 37.9. The molecular weight excluding hydrogens is 296 g/mol. The Morgan fingerprint density at radius 1 is 0.870 bits per heavy atom. The first-order chi connectivity index (χ1) is 11.0. The second-order valence-electron chi connectivity index (χ2n) is 6.21. The van der Waals surface area contributed by atoms with E-state index in [-0.39, 0.29) is 6.42 Å². The van der Waals surface area contributed by atoms with Crippen LogP contribution in [0, 0.1) is 0 Å². The summed E-state index contributed by atoms with van der Waals surface area (Å²) in [5.41, 5.74) is 0. The van der Waals surface area contributed by atoms with Crippen LogP contribution in [0.25, 0.3) is 0 Å². The molecule has 0 amide bonds. The highest BCUT2D eigenvalue weighted by Gasteiger charge is 2.13. The lowest BCUT2D eigenvalue weighted by molar-refractivity contribution is -0.137. The van der Waals surface area contributed by atoms with E-state index < -0.39 is 24.3 Å². The minimum Gasteiger partial charge on any atom is -0.481 e. The Morgan fingerprint density at radius 2 is 1.48 bits per heavy atom. The van der Waals surface area contributed by atoms with Crippen molar-refractivity contribution in [1.29, 1.82) is 0 Å². The Labute approximate surface area is 140 Å². The molecule has 0 aromatic rings. The third kappa shape index (κ3) is 14.4. The third-order valence-electron chi connectivity index (χ3n) is 3.92. The lowest BCUT2D eigenvalue weighted by atomic mass is 10.0. The van der Waals surface area contributed by atoms with E-state index in [9.17, 15) is 20.1 Å². The molecule has 0 unspecified atom stereocenters. The zero-order chi connectivity index (χ0) is 17.5. The molecule has 0 aliphatic carbocycles. The molecule has 4 N–H and O–H groups in total. The first-order valence-electron chi connectivity index (χ1n) is 8.91. The molecule has 0 aliphatic rings. The molecule has 0 saturated carbocycles. The summed E-state index contributed by atoms with van der Waals surface area (Å²) in [6, 6.07) is 0. The lowest BCUT2D eigenvalue weighted by Gasteiger charge is -2.15. The van der Waals surface area contributed by atoms with Gasteiger partial charge in [-0.15, -0.1) is 0 Å². The van der Waals surface area contributed by atoms with E-state index in [1.165, 1.54) is 37.8 Å². The van der Waals surface area contributed by atoms with Gasteiger partial charge < -0.3 is 20.4 Å². The van der Waals surface area contributed by atoms with E-state index in [0.717, 1.165) is 12.8 Å². The largest absolute Gasteiger partial charge is 0.481 e. The van der Waals surface area contributed by atoms with Crippen LogP contribution in [-0.4, -0.2) is 44.7 Å². The molecule has 0 aromatic heterocycles. The van der Waals surface area contributed by atoms with Gasteiger partial charge in [0.25, 0.3) is 0 Å². The van der Waals surface area contributed by atoms with Gasteiger partial charge in [-0.2, -0.15) is 0 Å². The van der Waals surface area contributed by atoms with Crippen molar-refractivity contribution in [1.82, 2.24) is 0 Å². The smallest absolute Gasteiger partial charge is 0.303 e. The van der Waals surface area contributed by atoms with Gasteiger partial charge >= 0.3 is 5.97 Å². The fourth-order valence-corrected chi connectivity index (χ4v) is 2.40. The SMILES string of the molecule is CCCCCCCC[C@@H](O)[C@@H](O)/C=C\[C@H](O)CCCCC(=O)O. The predicted octanol–water partition coefficient (Wildman–Crippen LogP) is 3.02. The van der Waals surface area contributed by atoms with Gasteiger partial charge in [0.05, 0.1) is 18.3 Å². The maximum absolute atomic E-state index is 10.4. The summed E-state index contributed by atoms with van der Waals surface area (Å²) in [4.78, 5) is 10.4. The summed E-state index contributed by atoms with van der Waals surface area (Å²) in [5.74, 6) is -0.830. The van der Waals surface area contributed by atoms with Crippen LogP contribution in [0.2, 0.25) is 0 Å². The van der Waals surface area contributed by atoms with Gasteiger partial charge in [-0.1, -0.05) is 57.6 Å². The summed E-state index contributed by atoms with van der Waals surface area (Å²) in [6.45, 7) is 2.17. The fraction of sp³-hybridized carbons (Fsp3) is 0.833. The topological polar surface area (TPSA) is 98.0 Å². The summed E-state index contributed by atoms with van der Waals surface area (Å²) < 4.78 is 0. The molecule has 5 nitrogen and oxygen atoms in total. The van der Waals surface area contributed by atoms with Gasteiger partial charge in [0, 0.05) is 6.42 Å². The fourth-order valence-electron chi connectivity index (χ4n) is 2.40. The number of unbranched alkanes of at least 4 members (excludes halogenated alkanes) is 6. The van der Waals surface area contributed by atoms with Gasteiger partial charge in [-0.05, 0) is 25.7 Å². The van der Waals surface area contributed by atoms with E-state index in [1.54, 1.807) is 0 Å². The minimum atomic E-state index is -0.959. The Hall–Kier alpha value is -0.910. The van der Waals surface area contributed by atoms with Gasteiger partial charge in [-0.25, -0.2) is 0 Å². The van der Waals surface area contributed by atoms with Gasteiger partial charge in [0.2, 0.25) is 0 Å². The van der Waals surface area contributed by atoms with Crippen LogP contribution < -0.4 is 0 Å². The van der Waals surface area contributed by atoms with Crippen LogP contribution in [0.3, 0.4) is 0 Å². The molecule has 0 aliphatic heterocycles. The van der Waals surface area contributed by atoms with Crippen molar-refractivity contribution in [3.63, 3.8) is 0 Å². The molecule has 0 rings (SSSR count). The van der Waals surface area contributed by atoms with E-state index in [4.69, 9.17) is 5.11 Å². The molecule has 0 saturated heterocycles. The van der Waals surface area contributed by atoms with E-state index in [0.29, 0.717) is 25.7 Å². The summed E-state index contributed by atoms with van der Waals surface area (Å²) in [6.07, 6.45) is 9.56. The lowest BCUT2D eigenvalue weighted by Crippen LogP contribution is -2.24. The van der Waals surface area contributed by atoms with Crippen LogP contribution in [-0.2, 0) is 4.79 Å². The molecule has 0 radical (unpaired) electrons. The standard InChI is InChI=1S/C18H34O5/c1-2-3-4-5-6-7-11-16(20)17(21)14-13-15(19)10-8-9-12-18(22)23/h13-17,19-21H,2-12H2,1H3,(H,22,23)/b14-13-/t15-,16-,17+/m1/s1. The van der Waals surface area contributed by atoms with E-state index in [2.05, 4.69) is 6.92 Å². The predicted molar refractivity (Wildman–Crippen MR) is 91.3 cm³/mol. The highest BCUT2D eigenvalue weighted by molar-refractivity contribution is 5.66. The zero-order valence-electron chi connectivity index (χ0n) is 14.4. The van der Waals surface area contributed by atoms with Crippen LogP contribution >= 0.6 is 0 Å². The van der Waals surface area contributed by atoms with Crippen LogP contribution in [0.1, 0.15) is 77.6 Å². The number of carboxylic acids is 1. The summed E-state index contributed by atoms with van der Waals surface area (Å²) >= 11 is 0. The molecular formula is C18H34O5. The van der Waals surface area contributed by atoms with Gasteiger partial charge in [0.15, 0.2) is 0 Å². The highest BCUT2D eigenvalue weighted by Crippen LogP contribution is 2.12. The van der Waals surface area contributed by atoms with Crippen molar-refractivity contribution in [2.75, 3.05) is 0 Å². The van der Waals surface area contributed by atoms with Crippen LogP contribution in [0.15, 0.2) is 12.2 Å². The third-order valence-corrected chi connectivity index (χ3v) is 3.92. The molecule has 0 heterocycles. The number of aliphatic carboxylic acids is 1. The van der Waals surface area contributed by atoms with E-state index >= 15 is 0 Å². The van der Waals surface area contributed by atoms with Crippen molar-refractivity contribution < 1.29 is 25.2 Å². The van der Waals surface area contributed by atoms with Crippen molar-refractivity contribution >= 4 is 5.97 Å². The average Bonchev–Trinajstić information content (AvgIpc) is 2.52. The maximum Gasteiger partial charge on any atom is 0.303 e. The molecule has 0 aromatic carbocycles. The molecule has 0 bridgehead atoms. The second kappa shape index (κ2) is 14.7. The Bertz CT molecular complexity index is 317. The number of hydrogen-bond donors (Lipinski definition) is 4. The van der Waals surface area contributed by atoms with Crippen molar-refractivity contribution in [2.24, 2.45) is 0 Å². The Balaban J connectivity index is 3.74. The number of aliphatic hydroxyl groups excluding tert-OH is 3. The molecule has 3 atom stereocenters. The monoisotopic (exact) mass is 330 g/mol. The molecule has 136 valence electrons. The maximum atomic E-state index is 10.4. The van der Waals surface area contributed by atoms with Crippen molar-refractivity contribution in [3.8, 4) is 0 Å². The second-order valence-corrected chi connectivity index (χ2v) is 6.21. The van der Waals surface area contributed by atoms with Crippen LogP contribution in [0.4, 0.5) is 0 Å². The Kier molecular flexibility index (Phi) is 14.1. The molecule has 23 heavy (non-hydrogen) atoms. The highest BCUT2D eigenvalue weighted by atomic mass is 16.4. The minimum absolute atomic E-state index is 0.107. The van der Waals surface area contributed by atoms with E-state index in [1.807, 2.05) is 0 Å². The Morgan fingerprint density at radius 3 is 2.13 bits per heavy atom. The average molecular weight is 330 g/mol. The first kappa shape index (κ1) is 22.1. The normalized spacial score (nSPS) is 15.7. The summed E-state index contributed by atoms with van der Waals surface area (Å²) in [7, 11) is 0.